The summed E-state index contributed by atoms with van der Waals surface area (Å²) in [5.74, 6) is -0.433. The number of hydrogen-bond donors (Lipinski definition) is 2. The number of hydrogen-bond acceptors (Lipinski definition) is 3. The normalized spacial score (nSPS) is 9.60. The molecule has 0 saturated carbocycles. The van der Waals surface area contributed by atoms with Gasteiger partial charge in [-0.2, -0.15) is 5.26 Å². The number of halogens is 1. The zero-order chi connectivity index (χ0) is 14.8. The number of aryl methyl sites for hydroxylation is 1. The highest BCUT2D eigenvalue weighted by atomic mass is 35.5. The number of benzene rings is 1. The van der Waals surface area contributed by atoms with E-state index in [1.807, 2.05) is 18.2 Å². The summed E-state index contributed by atoms with van der Waals surface area (Å²) in [4.78, 5) is 22.6. The Balaban J connectivity index is 2.17. The van der Waals surface area contributed by atoms with Gasteiger partial charge < -0.3 is 10.6 Å². The van der Waals surface area contributed by atoms with E-state index in [9.17, 15) is 9.59 Å². The van der Waals surface area contributed by atoms with Gasteiger partial charge in [0.25, 0.3) is 0 Å². The summed E-state index contributed by atoms with van der Waals surface area (Å²) in [6.45, 7) is 0.664. The molecule has 2 N–H and O–H groups in total. The molecule has 0 aromatic heterocycles. The van der Waals surface area contributed by atoms with Crippen LogP contribution in [0, 0.1) is 11.3 Å². The molecular weight excluding hydrogens is 278 g/mol. The lowest BCUT2D eigenvalue weighted by atomic mass is 10.1. The summed E-state index contributed by atoms with van der Waals surface area (Å²) in [5.41, 5.74) is 0.937. The minimum absolute atomic E-state index is 0.0977. The Hall–Kier alpha value is -2.06. The predicted molar refractivity (Wildman–Crippen MR) is 76.0 cm³/mol. The smallest absolute Gasteiger partial charge is 0.234 e. The first-order valence-corrected chi connectivity index (χ1v) is 6.65. The maximum atomic E-state index is 11.6. The minimum Gasteiger partial charge on any atom is -0.354 e. The van der Waals surface area contributed by atoms with Crippen molar-refractivity contribution in [3.05, 3.63) is 34.9 Å². The van der Waals surface area contributed by atoms with E-state index in [2.05, 4.69) is 10.6 Å². The fourth-order valence-electron chi connectivity index (χ4n) is 1.58. The van der Waals surface area contributed by atoms with Gasteiger partial charge in [-0.05, 0) is 18.1 Å². The highest BCUT2D eigenvalue weighted by molar-refractivity contribution is 6.31. The average Bonchev–Trinajstić information content (AvgIpc) is 2.43. The van der Waals surface area contributed by atoms with E-state index in [-0.39, 0.29) is 18.2 Å². The van der Waals surface area contributed by atoms with Crippen LogP contribution in [0.4, 0.5) is 0 Å². The molecule has 0 radical (unpaired) electrons. The summed E-state index contributed by atoms with van der Waals surface area (Å²) in [6.07, 6.45) is 0.753. The van der Waals surface area contributed by atoms with Gasteiger partial charge in [-0.1, -0.05) is 29.8 Å². The first-order valence-electron chi connectivity index (χ1n) is 6.27. The Morgan fingerprint density at radius 3 is 2.45 bits per heavy atom. The fourth-order valence-corrected chi connectivity index (χ4v) is 1.81. The minimum atomic E-state index is -0.335. The SMILES string of the molecule is N#CCC(=O)NCCNC(=O)CCc1ccccc1Cl. The molecule has 0 saturated heterocycles. The second kappa shape index (κ2) is 8.94. The van der Waals surface area contributed by atoms with Crippen LogP contribution in [0.15, 0.2) is 24.3 Å². The van der Waals surface area contributed by atoms with Gasteiger partial charge in [-0.25, -0.2) is 0 Å². The van der Waals surface area contributed by atoms with Crippen LogP contribution < -0.4 is 10.6 Å². The zero-order valence-electron chi connectivity index (χ0n) is 11.0. The third-order valence-corrected chi connectivity index (χ3v) is 2.96. The van der Waals surface area contributed by atoms with Crippen LogP contribution in [-0.2, 0) is 16.0 Å². The summed E-state index contributed by atoms with van der Waals surface area (Å²) < 4.78 is 0. The van der Waals surface area contributed by atoms with Crippen LogP contribution in [-0.4, -0.2) is 24.9 Å². The average molecular weight is 294 g/mol. The maximum Gasteiger partial charge on any atom is 0.234 e. The summed E-state index contributed by atoms with van der Waals surface area (Å²) in [7, 11) is 0. The monoisotopic (exact) mass is 293 g/mol. The van der Waals surface area contributed by atoms with Crippen molar-refractivity contribution < 1.29 is 9.59 Å². The van der Waals surface area contributed by atoms with Crippen molar-refractivity contribution in [3.63, 3.8) is 0 Å². The summed E-state index contributed by atoms with van der Waals surface area (Å²) in [5, 5.41) is 14.2. The van der Waals surface area contributed by atoms with E-state index >= 15 is 0 Å². The standard InChI is InChI=1S/C14H16ClN3O2/c15-12-4-2-1-3-11(12)5-6-13(19)17-9-10-18-14(20)7-8-16/h1-4H,5-7,9-10H2,(H,17,19)(H,18,20). The number of amides is 2. The Bertz CT molecular complexity index is 511. The van der Waals surface area contributed by atoms with Gasteiger partial charge in [0.1, 0.15) is 6.42 Å². The Kier molecular flexibility index (Phi) is 7.15. The van der Waals surface area contributed by atoms with E-state index in [1.165, 1.54) is 0 Å². The number of carbonyl (C=O) groups is 2. The van der Waals surface area contributed by atoms with Crippen molar-refractivity contribution in [2.75, 3.05) is 13.1 Å². The van der Waals surface area contributed by atoms with Crippen LogP contribution in [0.25, 0.3) is 0 Å². The van der Waals surface area contributed by atoms with Gasteiger partial charge in [0, 0.05) is 24.5 Å². The molecule has 2 amide bonds. The molecule has 1 aromatic rings. The van der Waals surface area contributed by atoms with Gasteiger partial charge in [0.05, 0.1) is 6.07 Å². The van der Waals surface area contributed by atoms with E-state index in [0.717, 1.165) is 5.56 Å². The topological polar surface area (TPSA) is 82.0 Å². The maximum absolute atomic E-state index is 11.6. The van der Waals surface area contributed by atoms with Crippen LogP contribution in [0.5, 0.6) is 0 Å². The van der Waals surface area contributed by atoms with Crippen molar-refractivity contribution in [2.45, 2.75) is 19.3 Å². The largest absolute Gasteiger partial charge is 0.354 e. The van der Waals surface area contributed by atoms with E-state index < -0.39 is 0 Å². The molecule has 0 aliphatic rings. The zero-order valence-corrected chi connectivity index (χ0v) is 11.7. The first kappa shape index (κ1) is 16.0. The number of nitrogens with zero attached hydrogens (tertiary/aromatic N) is 1. The Morgan fingerprint density at radius 2 is 1.80 bits per heavy atom. The third kappa shape index (κ3) is 6.21. The van der Waals surface area contributed by atoms with Crippen LogP contribution in [0.3, 0.4) is 0 Å². The Morgan fingerprint density at radius 1 is 1.15 bits per heavy atom. The predicted octanol–water partition coefficient (Wildman–Crippen LogP) is 1.42. The lowest BCUT2D eigenvalue weighted by Crippen LogP contribution is -2.34. The quantitative estimate of drug-likeness (QED) is 0.746. The van der Waals surface area contributed by atoms with Crippen molar-refractivity contribution >= 4 is 23.4 Å². The molecule has 0 aliphatic heterocycles. The molecule has 1 rings (SSSR count). The Labute approximate surface area is 122 Å². The highest BCUT2D eigenvalue weighted by Crippen LogP contribution is 2.16. The second-order valence-electron chi connectivity index (χ2n) is 4.13. The van der Waals surface area contributed by atoms with E-state index in [4.69, 9.17) is 16.9 Å². The molecule has 0 heterocycles. The summed E-state index contributed by atoms with van der Waals surface area (Å²) >= 11 is 5.99. The molecule has 0 spiro atoms. The van der Waals surface area contributed by atoms with Crippen molar-refractivity contribution in [1.29, 1.82) is 5.26 Å². The molecule has 106 valence electrons. The van der Waals surface area contributed by atoms with Crippen molar-refractivity contribution in [3.8, 4) is 6.07 Å². The van der Waals surface area contributed by atoms with Gasteiger partial charge in [-0.3, -0.25) is 9.59 Å². The summed E-state index contributed by atoms with van der Waals surface area (Å²) in [6, 6.07) is 9.15. The molecule has 6 heteroatoms. The van der Waals surface area contributed by atoms with E-state index in [0.29, 0.717) is 31.0 Å². The third-order valence-electron chi connectivity index (χ3n) is 2.59. The molecule has 0 aliphatic carbocycles. The molecule has 0 unspecified atom stereocenters. The number of carbonyl (C=O) groups excluding carboxylic acids is 2. The van der Waals surface area contributed by atoms with Gasteiger partial charge in [-0.15, -0.1) is 0 Å². The molecule has 0 atom stereocenters. The molecule has 20 heavy (non-hydrogen) atoms. The lowest BCUT2D eigenvalue weighted by Gasteiger charge is -2.07. The molecule has 0 fully saturated rings. The van der Waals surface area contributed by atoms with Crippen LogP contribution in [0.2, 0.25) is 5.02 Å². The molecule has 5 nitrogen and oxygen atoms in total. The van der Waals surface area contributed by atoms with Gasteiger partial charge in [0.15, 0.2) is 0 Å². The number of nitrogens with one attached hydrogen (secondary N) is 2. The van der Waals surface area contributed by atoms with Gasteiger partial charge in [0.2, 0.25) is 11.8 Å². The van der Waals surface area contributed by atoms with Gasteiger partial charge >= 0.3 is 0 Å². The van der Waals surface area contributed by atoms with Crippen LogP contribution >= 0.6 is 11.6 Å². The second-order valence-corrected chi connectivity index (χ2v) is 4.53. The fraction of sp³-hybridized carbons (Fsp3) is 0.357. The number of rotatable bonds is 7. The lowest BCUT2D eigenvalue weighted by molar-refractivity contribution is -0.122. The van der Waals surface area contributed by atoms with Crippen LogP contribution in [0.1, 0.15) is 18.4 Å². The molecular formula is C14H16ClN3O2. The first-order chi connectivity index (χ1) is 9.63. The molecule has 0 bridgehead atoms. The highest BCUT2D eigenvalue weighted by Gasteiger charge is 2.04. The molecule has 1 aromatic carbocycles. The van der Waals surface area contributed by atoms with E-state index in [1.54, 1.807) is 12.1 Å². The number of nitriles is 1. The van der Waals surface area contributed by atoms with Crippen molar-refractivity contribution in [2.24, 2.45) is 0 Å². The van der Waals surface area contributed by atoms with Crippen molar-refractivity contribution in [1.82, 2.24) is 10.6 Å².